The van der Waals surface area contributed by atoms with Crippen LogP contribution < -0.4 is 5.32 Å². The van der Waals surface area contributed by atoms with Gasteiger partial charge in [-0.1, -0.05) is 12.1 Å². The Morgan fingerprint density at radius 2 is 2.14 bits per heavy atom. The van der Waals surface area contributed by atoms with Gasteiger partial charge in [0.2, 0.25) is 0 Å². The molecule has 118 valence electrons. The molecule has 0 aliphatic heterocycles. The lowest BCUT2D eigenvalue weighted by atomic mass is 10.1. The molecule has 5 nitrogen and oxygen atoms in total. The minimum Gasteiger partial charge on any atom is -0.378 e. The predicted octanol–water partition coefficient (Wildman–Crippen LogP) is 1.80. The van der Waals surface area contributed by atoms with E-state index in [-0.39, 0.29) is 5.56 Å². The van der Waals surface area contributed by atoms with Crippen molar-refractivity contribution < 1.29 is 14.3 Å². The zero-order chi connectivity index (χ0) is 16.3. The van der Waals surface area contributed by atoms with Crippen molar-refractivity contribution in [3.8, 4) is 0 Å². The van der Waals surface area contributed by atoms with Crippen molar-refractivity contribution in [3.63, 3.8) is 0 Å². The number of halogens is 1. The number of benzene rings is 1. The van der Waals surface area contributed by atoms with Gasteiger partial charge < -0.3 is 10.4 Å². The van der Waals surface area contributed by atoms with Gasteiger partial charge in [0.15, 0.2) is 6.10 Å². The maximum atomic E-state index is 13.1. The van der Waals surface area contributed by atoms with Gasteiger partial charge in [0.25, 0.3) is 5.91 Å². The second kappa shape index (κ2) is 6.70. The number of aliphatic hydroxyl groups is 1. The van der Waals surface area contributed by atoms with Crippen molar-refractivity contribution in [3.05, 3.63) is 52.6 Å². The highest BCUT2D eigenvalue weighted by Gasteiger charge is 2.17. The van der Waals surface area contributed by atoms with Crippen molar-refractivity contribution in [2.75, 3.05) is 6.54 Å². The Labute approximate surface area is 128 Å². The van der Waals surface area contributed by atoms with Crippen LogP contribution in [0.3, 0.4) is 0 Å². The number of rotatable bonds is 5. The normalized spacial score (nSPS) is 12.2. The SMILES string of the molecule is Cc1nn(CCNC(=O)[C@@H](O)c2cccc(F)c2)c(C)c1C. The molecule has 6 heteroatoms. The van der Waals surface area contributed by atoms with Gasteiger partial charge in [0, 0.05) is 12.2 Å². The summed E-state index contributed by atoms with van der Waals surface area (Å²) in [4.78, 5) is 11.9. The number of carbonyl (C=O) groups excluding carboxylic acids is 1. The van der Waals surface area contributed by atoms with E-state index in [1.165, 1.54) is 18.2 Å². The minimum absolute atomic E-state index is 0.236. The first-order valence-corrected chi connectivity index (χ1v) is 7.12. The lowest BCUT2D eigenvalue weighted by molar-refractivity contribution is -0.129. The van der Waals surface area contributed by atoms with Crippen LogP contribution in [0.1, 0.15) is 28.6 Å². The van der Waals surface area contributed by atoms with E-state index >= 15 is 0 Å². The topological polar surface area (TPSA) is 67.2 Å². The summed E-state index contributed by atoms with van der Waals surface area (Å²) in [6.45, 7) is 6.76. The summed E-state index contributed by atoms with van der Waals surface area (Å²) in [5.41, 5.74) is 3.38. The number of aromatic nitrogens is 2. The van der Waals surface area contributed by atoms with Gasteiger partial charge in [-0.2, -0.15) is 5.10 Å². The molecule has 0 aliphatic carbocycles. The fraction of sp³-hybridized carbons (Fsp3) is 0.375. The van der Waals surface area contributed by atoms with Crippen LogP contribution in [0.25, 0.3) is 0 Å². The highest BCUT2D eigenvalue weighted by molar-refractivity contribution is 5.81. The molecule has 1 heterocycles. The Balaban J connectivity index is 1.91. The van der Waals surface area contributed by atoms with E-state index in [0.29, 0.717) is 13.1 Å². The molecule has 22 heavy (non-hydrogen) atoms. The van der Waals surface area contributed by atoms with Gasteiger partial charge in [0.1, 0.15) is 5.82 Å². The van der Waals surface area contributed by atoms with E-state index in [2.05, 4.69) is 10.4 Å². The number of aliphatic hydroxyl groups excluding tert-OH is 1. The van der Waals surface area contributed by atoms with E-state index in [0.717, 1.165) is 23.0 Å². The fourth-order valence-electron chi connectivity index (χ4n) is 2.21. The van der Waals surface area contributed by atoms with Crippen molar-refractivity contribution in [1.82, 2.24) is 15.1 Å². The van der Waals surface area contributed by atoms with Gasteiger partial charge in [0.05, 0.1) is 12.2 Å². The highest BCUT2D eigenvalue weighted by Crippen LogP contribution is 2.14. The quantitative estimate of drug-likeness (QED) is 0.885. The van der Waals surface area contributed by atoms with E-state index in [4.69, 9.17) is 0 Å². The molecule has 0 bridgehead atoms. The number of carbonyl (C=O) groups is 1. The maximum Gasteiger partial charge on any atom is 0.253 e. The molecule has 0 fully saturated rings. The van der Waals surface area contributed by atoms with Gasteiger partial charge >= 0.3 is 0 Å². The average Bonchev–Trinajstić information content (AvgIpc) is 2.73. The van der Waals surface area contributed by atoms with Gasteiger partial charge in [-0.25, -0.2) is 4.39 Å². The summed E-state index contributed by atoms with van der Waals surface area (Å²) in [5, 5.41) is 16.9. The first kappa shape index (κ1) is 16.2. The molecule has 1 atom stereocenters. The predicted molar refractivity (Wildman–Crippen MR) is 80.8 cm³/mol. The molecule has 0 saturated heterocycles. The molecule has 2 N–H and O–H groups in total. The molecule has 1 aromatic carbocycles. The van der Waals surface area contributed by atoms with Crippen LogP contribution in [0.2, 0.25) is 0 Å². The minimum atomic E-state index is -1.38. The zero-order valence-electron chi connectivity index (χ0n) is 12.9. The Morgan fingerprint density at radius 3 is 2.73 bits per heavy atom. The Kier molecular flexibility index (Phi) is 4.92. The van der Waals surface area contributed by atoms with Gasteiger partial charge in [-0.3, -0.25) is 9.48 Å². The van der Waals surface area contributed by atoms with E-state index in [1.807, 2.05) is 25.5 Å². The standard InChI is InChI=1S/C16H20FN3O2/c1-10-11(2)19-20(12(10)3)8-7-18-16(22)15(21)13-5-4-6-14(17)9-13/h4-6,9,15,21H,7-8H2,1-3H3,(H,18,22)/t15-/m0/s1. The third-order valence-corrected chi connectivity index (χ3v) is 3.78. The Bertz CT molecular complexity index is 682. The van der Waals surface area contributed by atoms with E-state index in [9.17, 15) is 14.3 Å². The molecule has 0 aliphatic rings. The molecular formula is C16H20FN3O2. The van der Waals surface area contributed by atoms with Crippen molar-refractivity contribution in [2.45, 2.75) is 33.4 Å². The molecule has 0 unspecified atom stereocenters. The van der Waals surface area contributed by atoms with E-state index in [1.54, 1.807) is 0 Å². The van der Waals surface area contributed by atoms with Gasteiger partial charge in [-0.15, -0.1) is 0 Å². The molecule has 1 amide bonds. The summed E-state index contributed by atoms with van der Waals surface area (Å²) in [7, 11) is 0. The van der Waals surface area contributed by atoms with Crippen molar-refractivity contribution >= 4 is 5.91 Å². The van der Waals surface area contributed by atoms with Crippen LogP contribution >= 0.6 is 0 Å². The third kappa shape index (κ3) is 3.51. The molecule has 0 radical (unpaired) electrons. The number of amides is 1. The first-order valence-electron chi connectivity index (χ1n) is 7.12. The lowest BCUT2D eigenvalue weighted by Crippen LogP contribution is -2.32. The lowest BCUT2D eigenvalue weighted by Gasteiger charge is -2.12. The fourth-order valence-corrected chi connectivity index (χ4v) is 2.21. The molecule has 1 aromatic heterocycles. The first-order chi connectivity index (χ1) is 10.4. The van der Waals surface area contributed by atoms with Crippen LogP contribution in [0, 0.1) is 26.6 Å². The molecular weight excluding hydrogens is 285 g/mol. The molecule has 2 aromatic rings. The maximum absolute atomic E-state index is 13.1. The van der Waals surface area contributed by atoms with Crippen molar-refractivity contribution in [1.29, 1.82) is 0 Å². The number of hydrogen-bond donors (Lipinski definition) is 2. The number of aryl methyl sites for hydroxylation is 1. The summed E-state index contributed by atoms with van der Waals surface area (Å²) >= 11 is 0. The van der Waals surface area contributed by atoms with Gasteiger partial charge in [-0.05, 0) is 44.0 Å². The van der Waals surface area contributed by atoms with E-state index < -0.39 is 17.8 Å². The summed E-state index contributed by atoms with van der Waals surface area (Å²) < 4.78 is 14.9. The summed E-state index contributed by atoms with van der Waals surface area (Å²) in [6.07, 6.45) is -1.38. The highest BCUT2D eigenvalue weighted by atomic mass is 19.1. The Morgan fingerprint density at radius 1 is 1.41 bits per heavy atom. The molecule has 0 saturated carbocycles. The molecule has 0 spiro atoms. The number of hydrogen-bond acceptors (Lipinski definition) is 3. The monoisotopic (exact) mass is 305 g/mol. The second-order valence-corrected chi connectivity index (χ2v) is 5.27. The third-order valence-electron chi connectivity index (χ3n) is 3.78. The van der Waals surface area contributed by atoms with Crippen molar-refractivity contribution in [2.24, 2.45) is 0 Å². The number of nitrogens with zero attached hydrogens (tertiary/aromatic N) is 2. The van der Waals surface area contributed by atoms with Crippen LogP contribution in [0.15, 0.2) is 24.3 Å². The summed E-state index contributed by atoms with van der Waals surface area (Å²) in [5.74, 6) is -1.04. The van der Waals surface area contributed by atoms with Crippen LogP contribution in [0.4, 0.5) is 4.39 Å². The second-order valence-electron chi connectivity index (χ2n) is 5.27. The van der Waals surface area contributed by atoms with Crippen LogP contribution in [0.5, 0.6) is 0 Å². The largest absolute Gasteiger partial charge is 0.378 e. The summed E-state index contributed by atoms with van der Waals surface area (Å²) in [6, 6.07) is 5.38. The van der Waals surface area contributed by atoms with Crippen LogP contribution in [-0.4, -0.2) is 27.3 Å². The smallest absolute Gasteiger partial charge is 0.253 e. The molecule has 2 rings (SSSR count). The Hall–Kier alpha value is -2.21. The zero-order valence-corrected chi connectivity index (χ0v) is 12.9. The number of nitrogens with one attached hydrogen (secondary N) is 1. The average molecular weight is 305 g/mol. The van der Waals surface area contributed by atoms with Crippen LogP contribution in [-0.2, 0) is 11.3 Å².